The summed E-state index contributed by atoms with van der Waals surface area (Å²) in [4.78, 5) is 19.9. The summed E-state index contributed by atoms with van der Waals surface area (Å²) in [6.45, 7) is 16.3. The van der Waals surface area contributed by atoms with Crippen LogP contribution in [0.4, 0.5) is 0 Å². The highest BCUT2D eigenvalue weighted by Gasteiger charge is 2.45. The first-order valence-electron chi connectivity index (χ1n) is 10.7. The molecule has 0 aliphatic rings. The van der Waals surface area contributed by atoms with Gasteiger partial charge in [-0.3, -0.25) is 4.57 Å². The summed E-state index contributed by atoms with van der Waals surface area (Å²) in [5, 5.41) is 0.109. The van der Waals surface area contributed by atoms with Crippen LogP contribution in [0.5, 0.6) is 0 Å². The van der Waals surface area contributed by atoms with Crippen LogP contribution in [-0.4, -0.2) is 41.6 Å². The van der Waals surface area contributed by atoms with E-state index in [4.69, 9.17) is 9.16 Å². The normalized spacial score (nSPS) is 14.7. The lowest BCUT2D eigenvalue weighted by atomic mass is 10.2. The maximum Gasteiger partial charge on any atom is 0.341 e. The van der Waals surface area contributed by atoms with Gasteiger partial charge in [-0.15, -0.1) is 11.8 Å². The topological polar surface area (TPSA) is 76.0 Å². The van der Waals surface area contributed by atoms with Crippen molar-refractivity contribution in [2.75, 3.05) is 19.0 Å². The van der Waals surface area contributed by atoms with Crippen LogP contribution < -0.4 is 0 Å². The molecular weight excluding hydrogens is 435 g/mol. The van der Waals surface area contributed by atoms with Crippen molar-refractivity contribution in [2.24, 2.45) is 5.92 Å². The monoisotopic (exact) mass is 476 g/mol. The second-order valence-electron chi connectivity index (χ2n) is 9.45. The number of thioether (sulfide) groups is 1. The van der Waals surface area contributed by atoms with Gasteiger partial charge in [-0.25, -0.2) is 0 Å². The molecule has 1 aromatic rings. The van der Waals surface area contributed by atoms with Crippen molar-refractivity contribution < 1.29 is 23.5 Å². The van der Waals surface area contributed by atoms with E-state index in [0.717, 1.165) is 5.56 Å². The predicted molar refractivity (Wildman–Crippen MR) is 131 cm³/mol. The SMILES string of the molecule is CCC(CC)(SCC(COCc1ccccc1)CO[Si](C)(C)C(C)(C)C)P(=O)(O)O. The Hall–Kier alpha value is -0.143. The highest BCUT2D eigenvalue weighted by atomic mass is 32.2. The van der Waals surface area contributed by atoms with Gasteiger partial charge in [0.2, 0.25) is 0 Å². The Bertz CT molecular complexity index is 668. The molecule has 0 aliphatic carbocycles. The van der Waals surface area contributed by atoms with E-state index in [1.165, 1.54) is 11.8 Å². The van der Waals surface area contributed by atoms with E-state index in [0.29, 0.717) is 38.4 Å². The smallest absolute Gasteiger partial charge is 0.341 e. The van der Waals surface area contributed by atoms with Crippen LogP contribution in [0.3, 0.4) is 0 Å². The molecule has 2 N–H and O–H groups in total. The van der Waals surface area contributed by atoms with Crippen molar-refractivity contribution in [3.05, 3.63) is 35.9 Å². The number of benzene rings is 1. The third kappa shape index (κ3) is 8.08. The molecule has 0 saturated carbocycles. The second-order valence-corrected chi connectivity index (χ2v) is 17.9. The molecule has 1 rings (SSSR count). The second kappa shape index (κ2) is 11.6. The zero-order chi connectivity index (χ0) is 23.1. The first-order chi connectivity index (χ1) is 13.8. The molecular formula is C22H41O5PSSi. The average Bonchev–Trinajstić information content (AvgIpc) is 2.65. The van der Waals surface area contributed by atoms with Crippen molar-refractivity contribution >= 4 is 27.7 Å². The van der Waals surface area contributed by atoms with Crippen molar-refractivity contribution in [3.63, 3.8) is 0 Å². The maximum absolute atomic E-state index is 12.2. The fourth-order valence-corrected chi connectivity index (χ4v) is 6.78. The van der Waals surface area contributed by atoms with Gasteiger partial charge < -0.3 is 18.9 Å². The van der Waals surface area contributed by atoms with Crippen LogP contribution in [0.25, 0.3) is 0 Å². The van der Waals surface area contributed by atoms with Gasteiger partial charge in [0.25, 0.3) is 0 Å². The predicted octanol–water partition coefficient (Wildman–Crippen LogP) is 6.27. The highest BCUT2D eigenvalue weighted by molar-refractivity contribution is 8.06. The van der Waals surface area contributed by atoms with Gasteiger partial charge in [-0.05, 0) is 36.5 Å². The third-order valence-corrected chi connectivity index (χ3v) is 15.2. The molecule has 8 heteroatoms. The summed E-state index contributed by atoms with van der Waals surface area (Å²) in [5.41, 5.74) is 1.11. The van der Waals surface area contributed by atoms with Crippen LogP contribution in [-0.2, 0) is 20.3 Å². The summed E-state index contributed by atoms with van der Waals surface area (Å²) in [5.74, 6) is 0.660. The van der Waals surface area contributed by atoms with Gasteiger partial charge >= 0.3 is 7.60 Å². The van der Waals surface area contributed by atoms with Crippen LogP contribution >= 0.6 is 19.4 Å². The van der Waals surface area contributed by atoms with E-state index in [1.54, 1.807) is 0 Å². The van der Waals surface area contributed by atoms with E-state index >= 15 is 0 Å². The van der Waals surface area contributed by atoms with E-state index in [1.807, 2.05) is 44.2 Å². The summed E-state index contributed by atoms with van der Waals surface area (Å²) in [7, 11) is -6.14. The lowest BCUT2D eigenvalue weighted by Crippen LogP contribution is -2.42. The lowest BCUT2D eigenvalue weighted by Gasteiger charge is -2.38. The van der Waals surface area contributed by atoms with Crippen LogP contribution in [0.2, 0.25) is 18.1 Å². The summed E-state index contributed by atoms with van der Waals surface area (Å²) >= 11 is 1.38. The molecule has 0 fully saturated rings. The van der Waals surface area contributed by atoms with Crippen LogP contribution in [0, 0.1) is 5.92 Å². The van der Waals surface area contributed by atoms with E-state index < -0.39 is 20.4 Å². The number of hydrogen-bond acceptors (Lipinski definition) is 4. The Labute approximate surface area is 188 Å². The van der Waals surface area contributed by atoms with E-state index in [2.05, 4.69) is 33.9 Å². The van der Waals surface area contributed by atoms with Gasteiger partial charge in [-0.2, -0.15) is 0 Å². The molecule has 1 atom stereocenters. The van der Waals surface area contributed by atoms with Gasteiger partial charge in [0, 0.05) is 18.3 Å². The summed E-state index contributed by atoms with van der Waals surface area (Å²) in [6.07, 6.45) is 0.859. The Morgan fingerprint density at radius 2 is 1.63 bits per heavy atom. The van der Waals surface area contributed by atoms with Gasteiger partial charge in [0.05, 0.1) is 13.2 Å². The van der Waals surface area contributed by atoms with Gasteiger partial charge in [0.15, 0.2) is 8.32 Å². The number of ether oxygens (including phenoxy) is 1. The van der Waals surface area contributed by atoms with Crippen LogP contribution in [0.1, 0.15) is 53.0 Å². The van der Waals surface area contributed by atoms with E-state index in [9.17, 15) is 14.4 Å². The zero-order valence-corrected chi connectivity index (χ0v) is 22.4. The lowest BCUT2D eigenvalue weighted by molar-refractivity contribution is 0.0731. The fourth-order valence-electron chi connectivity index (χ4n) is 2.83. The molecule has 0 bridgehead atoms. The molecule has 0 heterocycles. The highest BCUT2D eigenvalue weighted by Crippen LogP contribution is 2.61. The first kappa shape index (κ1) is 27.9. The van der Waals surface area contributed by atoms with Gasteiger partial charge in [-0.1, -0.05) is 65.0 Å². The minimum Gasteiger partial charge on any atom is -0.416 e. The minimum absolute atomic E-state index is 0.0665. The molecule has 0 saturated heterocycles. The Morgan fingerprint density at radius 3 is 2.10 bits per heavy atom. The van der Waals surface area contributed by atoms with E-state index in [-0.39, 0.29) is 11.0 Å². The van der Waals surface area contributed by atoms with Crippen molar-refractivity contribution in [1.29, 1.82) is 0 Å². The number of hydrogen-bond donors (Lipinski definition) is 2. The molecule has 174 valence electrons. The van der Waals surface area contributed by atoms with Crippen LogP contribution in [0.15, 0.2) is 30.3 Å². The minimum atomic E-state index is -4.22. The molecule has 0 amide bonds. The molecule has 30 heavy (non-hydrogen) atoms. The molecule has 5 nitrogen and oxygen atoms in total. The molecule has 0 aliphatic heterocycles. The van der Waals surface area contributed by atoms with Crippen molar-refractivity contribution in [3.8, 4) is 0 Å². The van der Waals surface area contributed by atoms with Gasteiger partial charge in [0.1, 0.15) is 4.49 Å². The Balaban J connectivity index is 2.84. The standard InChI is InChI=1S/C22H41O5PSSi/c1-8-22(9-2,28(23,24)25)29-18-20(17-27-30(6,7)21(3,4)5)16-26-15-19-13-11-10-12-14-19/h10-14,20H,8-9,15-18H2,1-7H3,(H2,23,24,25). The average molecular weight is 477 g/mol. The Morgan fingerprint density at radius 1 is 1.07 bits per heavy atom. The maximum atomic E-state index is 12.2. The number of rotatable bonds is 13. The van der Waals surface area contributed by atoms with Crippen molar-refractivity contribution in [1.82, 2.24) is 0 Å². The fraction of sp³-hybridized carbons (Fsp3) is 0.727. The third-order valence-electron chi connectivity index (χ3n) is 6.17. The van der Waals surface area contributed by atoms with Crippen molar-refractivity contribution in [2.45, 2.75) is 76.7 Å². The zero-order valence-electron chi connectivity index (χ0n) is 19.7. The molecule has 1 aromatic carbocycles. The molecule has 0 radical (unpaired) electrons. The quantitative estimate of drug-likeness (QED) is 0.258. The first-order valence-corrected chi connectivity index (χ1v) is 16.2. The summed E-state index contributed by atoms with van der Waals surface area (Å²) in [6, 6.07) is 10.0. The summed E-state index contributed by atoms with van der Waals surface area (Å²) < 4.78 is 23.6. The Kier molecular flexibility index (Phi) is 10.8. The molecule has 1 unspecified atom stereocenters. The largest absolute Gasteiger partial charge is 0.416 e. The molecule has 0 aromatic heterocycles. The molecule has 0 spiro atoms.